The first kappa shape index (κ1) is 15.2. The SMILES string of the molecule is CC(=O)O[C@H]1C[C@H](n2cc(C)c(=O)[nH]c2=O)S[C@@H]1CCl. The number of nitrogens with one attached hydrogen (secondary N) is 1. The molecule has 20 heavy (non-hydrogen) atoms. The largest absolute Gasteiger partial charge is 0.461 e. The molecule has 0 saturated carbocycles. The summed E-state index contributed by atoms with van der Waals surface area (Å²) >= 11 is 7.35. The number of aryl methyl sites for hydroxylation is 1. The number of thioether (sulfide) groups is 1. The average molecular weight is 319 g/mol. The van der Waals surface area contributed by atoms with E-state index in [2.05, 4.69) is 4.98 Å². The van der Waals surface area contributed by atoms with Gasteiger partial charge in [-0.2, -0.15) is 0 Å². The summed E-state index contributed by atoms with van der Waals surface area (Å²) in [5.74, 6) is -0.0349. The normalized spacial score (nSPS) is 25.6. The number of esters is 1. The van der Waals surface area contributed by atoms with Gasteiger partial charge in [-0.15, -0.1) is 23.4 Å². The van der Waals surface area contributed by atoms with E-state index in [0.29, 0.717) is 17.9 Å². The molecule has 1 aromatic rings. The third kappa shape index (κ3) is 3.09. The van der Waals surface area contributed by atoms with E-state index in [0.717, 1.165) is 0 Å². The van der Waals surface area contributed by atoms with E-state index in [9.17, 15) is 14.4 Å². The molecule has 1 N–H and O–H groups in total. The van der Waals surface area contributed by atoms with Crippen molar-refractivity contribution < 1.29 is 9.53 Å². The van der Waals surface area contributed by atoms with Gasteiger partial charge in [-0.3, -0.25) is 19.1 Å². The monoisotopic (exact) mass is 318 g/mol. The number of halogens is 1. The highest BCUT2D eigenvalue weighted by Crippen LogP contribution is 2.42. The van der Waals surface area contributed by atoms with Gasteiger partial charge in [-0.05, 0) is 6.92 Å². The van der Waals surface area contributed by atoms with Crippen LogP contribution in [0, 0.1) is 6.92 Å². The Bertz CT molecular complexity index is 627. The molecule has 1 aliphatic heterocycles. The predicted molar refractivity (Wildman–Crippen MR) is 77.4 cm³/mol. The molecule has 3 atom stereocenters. The number of aromatic amines is 1. The van der Waals surface area contributed by atoms with E-state index < -0.39 is 5.69 Å². The van der Waals surface area contributed by atoms with Crippen LogP contribution in [0.25, 0.3) is 0 Å². The Kier molecular flexibility index (Phi) is 4.59. The molecule has 0 spiro atoms. The average Bonchev–Trinajstić information content (AvgIpc) is 2.75. The summed E-state index contributed by atoms with van der Waals surface area (Å²) < 4.78 is 6.69. The molecular weight excluding hydrogens is 304 g/mol. The minimum atomic E-state index is -0.463. The third-order valence-electron chi connectivity index (χ3n) is 3.11. The molecule has 1 fully saturated rings. The molecular formula is C12H15ClN2O4S. The molecule has 2 rings (SSSR count). The van der Waals surface area contributed by atoms with Crippen LogP contribution in [0.3, 0.4) is 0 Å². The molecule has 6 nitrogen and oxygen atoms in total. The molecule has 0 aromatic carbocycles. The number of ether oxygens (including phenoxy) is 1. The Morgan fingerprint density at radius 2 is 2.30 bits per heavy atom. The van der Waals surface area contributed by atoms with Gasteiger partial charge >= 0.3 is 11.7 Å². The molecule has 1 saturated heterocycles. The number of carbonyl (C=O) groups is 1. The molecule has 0 aliphatic carbocycles. The van der Waals surface area contributed by atoms with Crippen LogP contribution in [0.5, 0.6) is 0 Å². The summed E-state index contributed by atoms with van der Waals surface area (Å²) in [5, 5.41) is -0.268. The van der Waals surface area contributed by atoms with Crippen molar-refractivity contribution in [2.75, 3.05) is 5.88 Å². The molecule has 0 radical (unpaired) electrons. The minimum Gasteiger partial charge on any atom is -0.461 e. The number of carbonyl (C=O) groups excluding carboxylic acids is 1. The van der Waals surface area contributed by atoms with E-state index in [1.807, 2.05) is 0 Å². The van der Waals surface area contributed by atoms with Crippen LogP contribution in [0.15, 0.2) is 15.8 Å². The molecule has 1 aromatic heterocycles. The summed E-state index contributed by atoms with van der Waals surface area (Å²) in [5.41, 5.74) is -0.391. The number of aromatic nitrogens is 2. The maximum atomic E-state index is 11.9. The Balaban J connectivity index is 2.27. The van der Waals surface area contributed by atoms with E-state index in [1.165, 1.54) is 29.4 Å². The number of alkyl halides is 1. The lowest BCUT2D eigenvalue weighted by Crippen LogP contribution is -2.32. The van der Waals surface area contributed by atoms with E-state index in [1.54, 1.807) is 6.92 Å². The van der Waals surface area contributed by atoms with E-state index in [4.69, 9.17) is 16.3 Å². The number of hydrogen-bond acceptors (Lipinski definition) is 5. The van der Waals surface area contributed by atoms with Gasteiger partial charge in [0.15, 0.2) is 0 Å². The van der Waals surface area contributed by atoms with Gasteiger partial charge in [0, 0.05) is 31.0 Å². The van der Waals surface area contributed by atoms with Crippen LogP contribution in [0.4, 0.5) is 0 Å². The fraction of sp³-hybridized carbons (Fsp3) is 0.583. The number of rotatable bonds is 3. The lowest BCUT2D eigenvalue weighted by atomic mass is 10.2. The minimum absolute atomic E-state index is 0.0651. The van der Waals surface area contributed by atoms with Crippen LogP contribution in [-0.4, -0.2) is 32.8 Å². The summed E-state index contributed by atoms with van der Waals surface area (Å²) in [4.78, 5) is 36.6. The summed E-state index contributed by atoms with van der Waals surface area (Å²) in [6.07, 6.45) is 1.70. The van der Waals surface area contributed by atoms with Gasteiger partial charge in [0.2, 0.25) is 0 Å². The van der Waals surface area contributed by atoms with Crippen LogP contribution in [-0.2, 0) is 9.53 Å². The Labute approximate surface area is 124 Å². The quantitative estimate of drug-likeness (QED) is 0.664. The zero-order valence-corrected chi connectivity index (χ0v) is 12.7. The van der Waals surface area contributed by atoms with E-state index in [-0.39, 0.29) is 28.3 Å². The Morgan fingerprint density at radius 1 is 1.60 bits per heavy atom. The zero-order valence-electron chi connectivity index (χ0n) is 11.1. The van der Waals surface area contributed by atoms with Crippen LogP contribution >= 0.6 is 23.4 Å². The van der Waals surface area contributed by atoms with Crippen molar-refractivity contribution in [3.8, 4) is 0 Å². The van der Waals surface area contributed by atoms with Crippen molar-refractivity contribution in [1.82, 2.24) is 9.55 Å². The van der Waals surface area contributed by atoms with Crippen molar-refractivity contribution in [2.24, 2.45) is 0 Å². The van der Waals surface area contributed by atoms with Crippen molar-refractivity contribution in [3.05, 3.63) is 32.6 Å². The lowest BCUT2D eigenvalue weighted by Gasteiger charge is -2.15. The smallest absolute Gasteiger partial charge is 0.329 e. The Morgan fingerprint density at radius 3 is 2.90 bits per heavy atom. The number of hydrogen-bond donors (Lipinski definition) is 1. The fourth-order valence-electron chi connectivity index (χ4n) is 2.15. The Hall–Kier alpha value is -1.21. The maximum Gasteiger partial charge on any atom is 0.329 e. The van der Waals surface area contributed by atoms with Crippen molar-refractivity contribution >= 4 is 29.3 Å². The van der Waals surface area contributed by atoms with Crippen LogP contribution in [0.1, 0.15) is 24.3 Å². The maximum absolute atomic E-state index is 11.9. The first-order chi connectivity index (χ1) is 9.42. The molecule has 2 heterocycles. The highest BCUT2D eigenvalue weighted by atomic mass is 35.5. The molecule has 110 valence electrons. The molecule has 0 bridgehead atoms. The molecule has 0 unspecified atom stereocenters. The van der Waals surface area contributed by atoms with E-state index >= 15 is 0 Å². The van der Waals surface area contributed by atoms with Crippen LogP contribution in [0.2, 0.25) is 0 Å². The number of nitrogens with zero attached hydrogens (tertiary/aromatic N) is 1. The fourth-order valence-corrected chi connectivity index (χ4v) is 3.97. The molecule has 0 amide bonds. The highest BCUT2D eigenvalue weighted by molar-refractivity contribution is 8.00. The second-order valence-corrected chi connectivity index (χ2v) is 6.38. The van der Waals surface area contributed by atoms with Crippen molar-refractivity contribution in [1.29, 1.82) is 0 Å². The van der Waals surface area contributed by atoms with Gasteiger partial charge in [-0.1, -0.05) is 0 Å². The van der Waals surface area contributed by atoms with Gasteiger partial charge in [0.05, 0.1) is 10.6 Å². The second kappa shape index (κ2) is 6.05. The first-order valence-corrected chi connectivity index (χ1v) is 7.60. The van der Waals surface area contributed by atoms with Gasteiger partial charge in [0.25, 0.3) is 5.56 Å². The predicted octanol–water partition coefficient (Wildman–Crippen LogP) is 1.02. The molecule has 8 heteroatoms. The van der Waals surface area contributed by atoms with Crippen molar-refractivity contribution in [2.45, 2.75) is 37.0 Å². The number of H-pyrrole nitrogens is 1. The van der Waals surface area contributed by atoms with Crippen LogP contribution < -0.4 is 11.2 Å². The van der Waals surface area contributed by atoms with Crippen molar-refractivity contribution in [3.63, 3.8) is 0 Å². The highest BCUT2D eigenvalue weighted by Gasteiger charge is 2.38. The van der Waals surface area contributed by atoms with Gasteiger partial charge < -0.3 is 4.74 Å². The first-order valence-electron chi connectivity index (χ1n) is 6.13. The summed E-state index contributed by atoms with van der Waals surface area (Å²) in [6, 6.07) is 0. The lowest BCUT2D eigenvalue weighted by molar-refractivity contribution is -0.146. The van der Waals surface area contributed by atoms with Gasteiger partial charge in [-0.25, -0.2) is 4.79 Å². The third-order valence-corrected chi connectivity index (χ3v) is 5.18. The zero-order chi connectivity index (χ0) is 14.9. The molecule has 1 aliphatic rings. The summed E-state index contributed by atoms with van der Waals surface area (Å²) in [7, 11) is 0. The van der Waals surface area contributed by atoms with Gasteiger partial charge in [0.1, 0.15) is 6.10 Å². The second-order valence-electron chi connectivity index (χ2n) is 4.65. The topological polar surface area (TPSA) is 81.2 Å². The standard InChI is InChI=1S/C12H15ClN2O4S/c1-6-5-15(12(18)14-11(6)17)10-3-8(19-7(2)16)9(4-13)20-10/h5,8-10H,3-4H2,1-2H3,(H,14,17,18)/t8-,9+,10+/m0/s1. The summed E-state index contributed by atoms with van der Waals surface area (Å²) in [6.45, 7) is 2.98.